The fourth-order valence-corrected chi connectivity index (χ4v) is 2.92. The summed E-state index contributed by atoms with van der Waals surface area (Å²) >= 11 is 0. The zero-order chi connectivity index (χ0) is 26.2. The summed E-state index contributed by atoms with van der Waals surface area (Å²) in [6.45, 7) is 0. The molecule has 0 aromatic heterocycles. The molecule has 0 heterocycles. The van der Waals surface area contributed by atoms with Crippen LogP contribution < -0.4 is 22.3 Å². The summed E-state index contributed by atoms with van der Waals surface area (Å²) < 4.78 is 0. The van der Waals surface area contributed by atoms with E-state index in [0.29, 0.717) is 11.1 Å². The maximum atomic E-state index is 12.2. The summed E-state index contributed by atoms with van der Waals surface area (Å²) in [5.41, 5.74) is 16.3. The molecule has 0 aliphatic rings. The predicted molar refractivity (Wildman–Crippen MR) is 132 cm³/mol. The van der Waals surface area contributed by atoms with Gasteiger partial charge >= 0.3 is 0 Å². The van der Waals surface area contributed by atoms with E-state index >= 15 is 0 Å². The van der Waals surface area contributed by atoms with Gasteiger partial charge in [-0.2, -0.15) is 10.2 Å². The van der Waals surface area contributed by atoms with Gasteiger partial charge in [-0.1, -0.05) is 18.2 Å². The molecule has 2 amide bonds. The van der Waals surface area contributed by atoms with Gasteiger partial charge < -0.3 is 11.5 Å². The Hall–Kier alpha value is -5.66. The molecule has 0 bridgehead atoms. The highest BCUT2D eigenvalue weighted by Crippen LogP contribution is 2.19. The van der Waals surface area contributed by atoms with E-state index < -0.39 is 21.7 Å². The van der Waals surface area contributed by atoms with Crippen molar-refractivity contribution in [3.05, 3.63) is 103 Å². The molecule has 14 heteroatoms. The van der Waals surface area contributed by atoms with Crippen LogP contribution in [0.2, 0.25) is 0 Å². The lowest BCUT2D eigenvalue weighted by Gasteiger charge is -2.03. The monoisotopic (exact) mass is 490 g/mol. The van der Waals surface area contributed by atoms with Gasteiger partial charge in [0, 0.05) is 35.6 Å². The first-order valence-corrected chi connectivity index (χ1v) is 9.99. The van der Waals surface area contributed by atoms with E-state index in [0.717, 1.165) is 24.3 Å². The number of nitrogen functional groups attached to an aromatic ring is 2. The standard InChI is InChI=1S/C22H18N8O6/c23-17-5-15(7-19(9-17)29(33)34)21(31)27-25-11-13-2-1-3-14(4-13)12-26-28-22(32)16-6-18(24)10-20(8-16)30(35)36/h1-12H,23-24H2,(H,27,31)(H,28,32). The number of nitrogens with zero attached hydrogens (tertiary/aromatic N) is 4. The van der Waals surface area contributed by atoms with Gasteiger partial charge in [0.1, 0.15) is 0 Å². The van der Waals surface area contributed by atoms with Crippen LogP contribution in [-0.2, 0) is 0 Å². The number of carbonyl (C=O) groups excluding carboxylic acids is 2. The second kappa shape index (κ2) is 11.0. The number of hydrazone groups is 2. The molecular formula is C22H18N8O6. The number of rotatable bonds is 8. The van der Waals surface area contributed by atoms with Crippen molar-refractivity contribution in [1.29, 1.82) is 0 Å². The molecule has 0 unspecified atom stereocenters. The number of nitrogens with two attached hydrogens (primary N) is 2. The number of anilines is 2. The molecule has 14 nitrogen and oxygen atoms in total. The molecule has 0 saturated heterocycles. The van der Waals surface area contributed by atoms with Crippen molar-refractivity contribution < 1.29 is 19.4 Å². The van der Waals surface area contributed by atoms with Crippen molar-refractivity contribution in [2.45, 2.75) is 0 Å². The predicted octanol–water partition coefficient (Wildman–Crippen LogP) is 2.20. The number of non-ortho nitro benzene ring substituents is 2. The quantitative estimate of drug-likeness (QED) is 0.158. The summed E-state index contributed by atoms with van der Waals surface area (Å²) in [6, 6.07) is 13.7. The lowest BCUT2D eigenvalue weighted by molar-refractivity contribution is -0.385. The second-order valence-electron chi connectivity index (χ2n) is 7.21. The third-order valence-corrected chi connectivity index (χ3v) is 4.50. The number of nitrogens with one attached hydrogen (secondary N) is 2. The van der Waals surface area contributed by atoms with E-state index in [1.165, 1.54) is 24.6 Å². The highest BCUT2D eigenvalue weighted by Gasteiger charge is 2.14. The molecule has 0 spiro atoms. The molecular weight excluding hydrogens is 472 g/mol. The van der Waals surface area contributed by atoms with E-state index in [4.69, 9.17) is 11.5 Å². The van der Waals surface area contributed by atoms with Gasteiger partial charge in [-0.25, -0.2) is 10.9 Å². The van der Waals surface area contributed by atoms with Crippen molar-refractivity contribution in [2.24, 2.45) is 10.2 Å². The third-order valence-electron chi connectivity index (χ3n) is 4.50. The van der Waals surface area contributed by atoms with Crippen LogP contribution in [0.25, 0.3) is 0 Å². The molecule has 3 aromatic rings. The zero-order valence-electron chi connectivity index (χ0n) is 18.3. The average Bonchev–Trinajstić information content (AvgIpc) is 2.83. The van der Waals surface area contributed by atoms with Crippen molar-refractivity contribution in [3.63, 3.8) is 0 Å². The first-order valence-electron chi connectivity index (χ1n) is 9.99. The average molecular weight is 490 g/mol. The molecule has 0 atom stereocenters. The third kappa shape index (κ3) is 6.67. The van der Waals surface area contributed by atoms with E-state index in [-0.39, 0.29) is 33.9 Å². The number of nitro groups is 2. The van der Waals surface area contributed by atoms with Crippen LogP contribution >= 0.6 is 0 Å². The second-order valence-corrected chi connectivity index (χ2v) is 7.21. The van der Waals surface area contributed by atoms with E-state index in [1.54, 1.807) is 24.3 Å². The molecule has 3 aromatic carbocycles. The normalized spacial score (nSPS) is 10.9. The van der Waals surface area contributed by atoms with Crippen LogP contribution in [0.3, 0.4) is 0 Å². The van der Waals surface area contributed by atoms with Crippen molar-refractivity contribution in [3.8, 4) is 0 Å². The SMILES string of the molecule is Nc1cc(C(=O)NN=Cc2cccc(C=NNC(=O)c3cc(N)cc([N+](=O)[O-])c3)c2)cc([N+](=O)[O-])c1. The molecule has 182 valence electrons. The van der Waals surface area contributed by atoms with Gasteiger partial charge in [0.2, 0.25) is 0 Å². The Morgan fingerprint density at radius 3 is 1.53 bits per heavy atom. The fraction of sp³-hybridized carbons (Fsp3) is 0. The van der Waals surface area contributed by atoms with Crippen LogP contribution in [0.5, 0.6) is 0 Å². The minimum absolute atomic E-state index is 0.0269. The maximum Gasteiger partial charge on any atom is 0.272 e. The fourth-order valence-electron chi connectivity index (χ4n) is 2.92. The minimum atomic E-state index is -0.691. The Kier molecular flexibility index (Phi) is 7.61. The van der Waals surface area contributed by atoms with E-state index in [2.05, 4.69) is 21.1 Å². The number of amides is 2. The van der Waals surface area contributed by atoms with E-state index in [1.807, 2.05) is 0 Å². The lowest BCUT2D eigenvalue weighted by Crippen LogP contribution is -2.18. The summed E-state index contributed by atoms with van der Waals surface area (Å²) in [5, 5.41) is 29.5. The minimum Gasteiger partial charge on any atom is -0.399 e. The Labute approximate surface area is 202 Å². The maximum absolute atomic E-state index is 12.2. The van der Waals surface area contributed by atoms with Crippen LogP contribution in [0, 0.1) is 20.2 Å². The van der Waals surface area contributed by atoms with Crippen LogP contribution in [0.15, 0.2) is 70.9 Å². The van der Waals surface area contributed by atoms with Crippen LogP contribution in [-0.4, -0.2) is 34.1 Å². The number of benzene rings is 3. The summed E-state index contributed by atoms with van der Waals surface area (Å²) in [4.78, 5) is 45.0. The van der Waals surface area contributed by atoms with Gasteiger partial charge in [-0.05, 0) is 29.3 Å². The number of nitro benzene ring substituents is 2. The summed E-state index contributed by atoms with van der Waals surface area (Å²) in [7, 11) is 0. The van der Waals surface area contributed by atoms with Crippen LogP contribution in [0.1, 0.15) is 31.8 Å². The molecule has 36 heavy (non-hydrogen) atoms. The summed E-state index contributed by atoms with van der Waals surface area (Å²) in [5.74, 6) is -1.38. The smallest absolute Gasteiger partial charge is 0.272 e. The first-order chi connectivity index (χ1) is 17.1. The van der Waals surface area contributed by atoms with E-state index in [9.17, 15) is 29.8 Å². The lowest BCUT2D eigenvalue weighted by atomic mass is 10.1. The van der Waals surface area contributed by atoms with Crippen molar-refractivity contribution >= 4 is 47.0 Å². The first kappa shape index (κ1) is 25.0. The molecule has 0 fully saturated rings. The molecule has 6 N–H and O–H groups in total. The van der Waals surface area contributed by atoms with Gasteiger partial charge in [0.25, 0.3) is 23.2 Å². The van der Waals surface area contributed by atoms with Crippen LogP contribution in [0.4, 0.5) is 22.7 Å². The summed E-state index contributed by atoms with van der Waals surface area (Å²) in [6.07, 6.45) is 2.67. The van der Waals surface area contributed by atoms with Gasteiger partial charge in [-0.15, -0.1) is 0 Å². The Bertz CT molecular complexity index is 1320. The largest absolute Gasteiger partial charge is 0.399 e. The molecule has 0 aliphatic carbocycles. The van der Waals surface area contributed by atoms with Crippen molar-refractivity contribution in [1.82, 2.24) is 10.9 Å². The topological polar surface area (TPSA) is 221 Å². The molecule has 0 radical (unpaired) electrons. The number of carbonyl (C=O) groups is 2. The Morgan fingerprint density at radius 1 is 0.722 bits per heavy atom. The zero-order valence-corrected chi connectivity index (χ0v) is 18.3. The Morgan fingerprint density at radius 2 is 1.14 bits per heavy atom. The molecule has 0 aliphatic heterocycles. The van der Waals surface area contributed by atoms with Gasteiger partial charge in [0.05, 0.1) is 33.4 Å². The molecule has 3 rings (SSSR count). The highest BCUT2D eigenvalue weighted by molar-refractivity contribution is 5.97. The Balaban J connectivity index is 1.62. The van der Waals surface area contributed by atoms with Gasteiger partial charge in [0.15, 0.2) is 0 Å². The van der Waals surface area contributed by atoms with Gasteiger partial charge in [-0.3, -0.25) is 29.8 Å². The van der Waals surface area contributed by atoms with Crippen molar-refractivity contribution in [2.75, 3.05) is 11.5 Å². The number of hydrogen-bond donors (Lipinski definition) is 4. The number of hydrogen-bond acceptors (Lipinski definition) is 10. The molecule has 0 saturated carbocycles. The highest BCUT2D eigenvalue weighted by atomic mass is 16.6.